The van der Waals surface area contributed by atoms with Crippen LogP contribution in [0.15, 0.2) is 24.3 Å². The van der Waals surface area contributed by atoms with Crippen molar-refractivity contribution in [2.24, 2.45) is 0 Å². The van der Waals surface area contributed by atoms with Crippen molar-refractivity contribution < 1.29 is 14.3 Å². The summed E-state index contributed by atoms with van der Waals surface area (Å²) in [5.41, 5.74) is 1.58. The van der Waals surface area contributed by atoms with Gasteiger partial charge in [-0.2, -0.15) is 0 Å². The summed E-state index contributed by atoms with van der Waals surface area (Å²) < 4.78 is 4.93. The normalized spacial score (nSPS) is 9.90. The van der Waals surface area contributed by atoms with Gasteiger partial charge in [0, 0.05) is 18.7 Å². The number of benzene rings is 1. The van der Waals surface area contributed by atoms with Gasteiger partial charge in [-0.15, -0.1) is 0 Å². The van der Waals surface area contributed by atoms with E-state index in [0.717, 1.165) is 18.4 Å². The molecule has 110 valence electrons. The number of amides is 2. The Kier molecular flexibility index (Phi) is 7.17. The molecule has 0 aromatic heterocycles. The molecule has 0 saturated heterocycles. The van der Waals surface area contributed by atoms with Gasteiger partial charge in [-0.1, -0.05) is 31.5 Å². The minimum absolute atomic E-state index is 0.135. The van der Waals surface area contributed by atoms with E-state index in [0.29, 0.717) is 25.3 Å². The second-order valence-electron chi connectivity index (χ2n) is 4.49. The largest absolute Gasteiger partial charge is 0.450 e. The first-order valence-corrected chi connectivity index (χ1v) is 6.89. The molecule has 0 atom stereocenters. The average Bonchev–Trinajstić information content (AvgIpc) is 2.44. The summed E-state index contributed by atoms with van der Waals surface area (Å²) in [5, 5.41) is 5.34. The number of hydrogen-bond acceptors (Lipinski definition) is 3. The molecular weight excluding hydrogens is 256 g/mol. The summed E-state index contributed by atoms with van der Waals surface area (Å²) in [7, 11) is 0. The van der Waals surface area contributed by atoms with Crippen LogP contribution in [0.5, 0.6) is 0 Å². The Morgan fingerprint density at radius 3 is 2.55 bits per heavy atom. The molecule has 1 aromatic rings. The standard InChI is InChI=1S/C15H22N2O3/c1-3-4-11-20-15(19)17-10-9-16-14(18)13-8-6-5-7-12(13)2/h5-8H,3-4,9-11H2,1-2H3,(H,16,18)(H,17,19). The SMILES string of the molecule is CCCCOC(=O)NCCNC(=O)c1ccccc1C. The Labute approximate surface area is 119 Å². The molecule has 1 rings (SSSR count). The minimum Gasteiger partial charge on any atom is -0.450 e. The zero-order valence-electron chi connectivity index (χ0n) is 12.1. The van der Waals surface area contributed by atoms with E-state index >= 15 is 0 Å². The van der Waals surface area contributed by atoms with Crippen molar-refractivity contribution in [1.29, 1.82) is 0 Å². The van der Waals surface area contributed by atoms with Crippen LogP contribution in [0.25, 0.3) is 0 Å². The van der Waals surface area contributed by atoms with Gasteiger partial charge in [0.05, 0.1) is 6.61 Å². The Morgan fingerprint density at radius 2 is 1.85 bits per heavy atom. The van der Waals surface area contributed by atoms with Crippen molar-refractivity contribution in [3.63, 3.8) is 0 Å². The van der Waals surface area contributed by atoms with Crippen LogP contribution < -0.4 is 10.6 Å². The summed E-state index contributed by atoms with van der Waals surface area (Å²) >= 11 is 0. The molecule has 0 unspecified atom stereocenters. The third-order valence-electron chi connectivity index (χ3n) is 2.80. The highest BCUT2D eigenvalue weighted by molar-refractivity contribution is 5.95. The van der Waals surface area contributed by atoms with Crippen LogP contribution in [0.4, 0.5) is 4.79 Å². The molecule has 0 saturated carbocycles. The van der Waals surface area contributed by atoms with Crippen molar-refractivity contribution in [2.45, 2.75) is 26.7 Å². The smallest absolute Gasteiger partial charge is 0.407 e. The summed E-state index contributed by atoms with van der Waals surface area (Å²) in [6, 6.07) is 7.38. The van der Waals surface area contributed by atoms with Gasteiger partial charge in [0.1, 0.15) is 0 Å². The lowest BCUT2D eigenvalue weighted by Gasteiger charge is -2.09. The second-order valence-corrected chi connectivity index (χ2v) is 4.49. The predicted molar refractivity (Wildman–Crippen MR) is 77.8 cm³/mol. The van der Waals surface area contributed by atoms with Crippen LogP contribution in [0.2, 0.25) is 0 Å². The Bertz CT molecular complexity index is 446. The number of rotatable bonds is 7. The Morgan fingerprint density at radius 1 is 1.15 bits per heavy atom. The summed E-state index contributed by atoms with van der Waals surface area (Å²) in [4.78, 5) is 23.1. The highest BCUT2D eigenvalue weighted by Crippen LogP contribution is 2.05. The first kappa shape index (κ1) is 16.0. The molecule has 0 spiro atoms. The molecule has 0 bridgehead atoms. The first-order chi connectivity index (χ1) is 9.65. The number of hydrogen-bond donors (Lipinski definition) is 2. The van der Waals surface area contributed by atoms with Gasteiger partial charge in [-0.3, -0.25) is 4.79 Å². The second kappa shape index (κ2) is 8.96. The van der Waals surface area contributed by atoms with Crippen LogP contribution in [0.3, 0.4) is 0 Å². The molecular formula is C15H22N2O3. The molecule has 2 amide bonds. The van der Waals surface area contributed by atoms with Crippen LogP contribution in [-0.2, 0) is 4.74 Å². The number of alkyl carbamates (subject to hydrolysis) is 1. The van der Waals surface area contributed by atoms with Gasteiger partial charge in [-0.05, 0) is 25.0 Å². The van der Waals surface area contributed by atoms with Crippen LogP contribution in [-0.4, -0.2) is 31.7 Å². The number of ether oxygens (including phenoxy) is 1. The number of aryl methyl sites for hydroxylation is 1. The fourth-order valence-electron chi connectivity index (χ4n) is 1.62. The first-order valence-electron chi connectivity index (χ1n) is 6.89. The fraction of sp³-hybridized carbons (Fsp3) is 0.467. The van der Waals surface area contributed by atoms with Crippen molar-refractivity contribution >= 4 is 12.0 Å². The topological polar surface area (TPSA) is 67.4 Å². The van der Waals surface area contributed by atoms with Gasteiger partial charge < -0.3 is 15.4 Å². The van der Waals surface area contributed by atoms with Crippen LogP contribution >= 0.6 is 0 Å². The number of nitrogens with one attached hydrogen (secondary N) is 2. The van der Waals surface area contributed by atoms with Crippen molar-refractivity contribution in [1.82, 2.24) is 10.6 Å². The van der Waals surface area contributed by atoms with E-state index in [1.807, 2.05) is 32.0 Å². The molecule has 5 heteroatoms. The van der Waals surface area contributed by atoms with E-state index in [1.165, 1.54) is 0 Å². The van der Waals surface area contributed by atoms with Gasteiger partial charge >= 0.3 is 6.09 Å². The van der Waals surface area contributed by atoms with Gasteiger partial charge in [0.25, 0.3) is 5.91 Å². The third kappa shape index (κ3) is 5.73. The van der Waals surface area contributed by atoms with Crippen LogP contribution in [0.1, 0.15) is 35.7 Å². The van der Waals surface area contributed by atoms with E-state index < -0.39 is 6.09 Å². The highest BCUT2D eigenvalue weighted by atomic mass is 16.5. The van der Waals surface area contributed by atoms with E-state index in [-0.39, 0.29) is 5.91 Å². The molecule has 20 heavy (non-hydrogen) atoms. The van der Waals surface area contributed by atoms with Gasteiger partial charge in [-0.25, -0.2) is 4.79 Å². The molecule has 1 aromatic carbocycles. The molecule has 5 nitrogen and oxygen atoms in total. The monoisotopic (exact) mass is 278 g/mol. The molecule has 0 heterocycles. The zero-order valence-corrected chi connectivity index (χ0v) is 12.1. The van der Waals surface area contributed by atoms with Crippen molar-refractivity contribution in [3.05, 3.63) is 35.4 Å². The minimum atomic E-state index is -0.441. The number of carbonyl (C=O) groups excluding carboxylic acids is 2. The Hall–Kier alpha value is -2.04. The number of carbonyl (C=O) groups is 2. The van der Waals surface area contributed by atoms with Gasteiger partial charge in [0.15, 0.2) is 0 Å². The van der Waals surface area contributed by atoms with E-state index in [4.69, 9.17) is 4.74 Å². The van der Waals surface area contributed by atoms with Crippen molar-refractivity contribution in [2.75, 3.05) is 19.7 Å². The summed E-state index contributed by atoms with van der Waals surface area (Å²) in [6.45, 7) is 5.07. The molecule has 0 radical (unpaired) electrons. The van der Waals surface area contributed by atoms with E-state index in [1.54, 1.807) is 6.07 Å². The maximum Gasteiger partial charge on any atom is 0.407 e. The zero-order chi connectivity index (χ0) is 14.8. The maximum absolute atomic E-state index is 11.9. The summed E-state index contributed by atoms with van der Waals surface area (Å²) in [5.74, 6) is -0.135. The molecule has 0 aliphatic heterocycles. The predicted octanol–water partition coefficient (Wildman–Crippen LogP) is 2.25. The van der Waals surface area contributed by atoms with E-state index in [2.05, 4.69) is 10.6 Å². The quantitative estimate of drug-likeness (QED) is 0.752. The molecule has 0 aliphatic carbocycles. The Balaban J connectivity index is 2.20. The molecule has 0 aliphatic rings. The lowest BCUT2D eigenvalue weighted by molar-refractivity contribution is 0.0951. The molecule has 0 fully saturated rings. The lowest BCUT2D eigenvalue weighted by atomic mass is 10.1. The lowest BCUT2D eigenvalue weighted by Crippen LogP contribution is -2.35. The maximum atomic E-state index is 11.9. The van der Waals surface area contributed by atoms with E-state index in [9.17, 15) is 9.59 Å². The average molecular weight is 278 g/mol. The fourth-order valence-corrected chi connectivity index (χ4v) is 1.62. The van der Waals surface area contributed by atoms with Crippen LogP contribution in [0, 0.1) is 6.92 Å². The highest BCUT2D eigenvalue weighted by Gasteiger charge is 2.07. The van der Waals surface area contributed by atoms with Gasteiger partial charge in [0.2, 0.25) is 0 Å². The third-order valence-corrected chi connectivity index (χ3v) is 2.80. The number of unbranched alkanes of at least 4 members (excludes halogenated alkanes) is 1. The van der Waals surface area contributed by atoms with Crippen molar-refractivity contribution in [3.8, 4) is 0 Å². The molecule has 2 N–H and O–H groups in total. The summed E-state index contributed by atoms with van der Waals surface area (Å²) in [6.07, 6.45) is 1.40.